The number of aromatic nitrogens is 3. The summed E-state index contributed by atoms with van der Waals surface area (Å²) < 4.78 is 7.76. The summed E-state index contributed by atoms with van der Waals surface area (Å²) in [5.41, 5.74) is 0.976. The molecular formula is C13H24N4O. The molecule has 0 amide bonds. The molecule has 0 atom stereocenters. The standard InChI is InChI=1S/C13H24N4O/c1-11-3-5-13(6-4-11)18-8-7-17-10-12(9-14-2)15-16-17/h10-11,13-14H,3-9H2,1-2H3. The number of hydrogen-bond acceptors (Lipinski definition) is 4. The molecule has 0 radical (unpaired) electrons. The smallest absolute Gasteiger partial charge is 0.0964 e. The van der Waals surface area contributed by atoms with Gasteiger partial charge in [0.15, 0.2) is 0 Å². The second-order valence-corrected chi connectivity index (χ2v) is 5.26. The van der Waals surface area contributed by atoms with Crippen LogP contribution in [0.15, 0.2) is 6.20 Å². The van der Waals surface area contributed by atoms with Crippen LogP contribution in [0.2, 0.25) is 0 Å². The van der Waals surface area contributed by atoms with Gasteiger partial charge < -0.3 is 10.1 Å². The SMILES string of the molecule is CNCc1cn(CCOC2CCC(C)CC2)nn1. The third kappa shape index (κ3) is 4.07. The van der Waals surface area contributed by atoms with Gasteiger partial charge in [0, 0.05) is 12.7 Å². The summed E-state index contributed by atoms with van der Waals surface area (Å²) in [6.07, 6.45) is 7.47. The largest absolute Gasteiger partial charge is 0.376 e. The Morgan fingerprint density at radius 2 is 2.17 bits per heavy atom. The van der Waals surface area contributed by atoms with E-state index >= 15 is 0 Å². The van der Waals surface area contributed by atoms with E-state index in [1.165, 1.54) is 25.7 Å². The number of hydrogen-bond donors (Lipinski definition) is 1. The van der Waals surface area contributed by atoms with Gasteiger partial charge in [-0.3, -0.25) is 0 Å². The molecule has 2 rings (SSSR count). The second-order valence-electron chi connectivity index (χ2n) is 5.26. The van der Waals surface area contributed by atoms with Crippen molar-refractivity contribution < 1.29 is 4.74 Å². The van der Waals surface area contributed by atoms with Crippen LogP contribution in [0.1, 0.15) is 38.3 Å². The summed E-state index contributed by atoms with van der Waals surface area (Å²) in [6.45, 7) is 4.63. The van der Waals surface area contributed by atoms with Crippen molar-refractivity contribution in [2.45, 2.75) is 51.8 Å². The van der Waals surface area contributed by atoms with Gasteiger partial charge in [-0.2, -0.15) is 0 Å². The van der Waals surface area contributed by atoms with Crippen LogP contribution in [0.4, 0.5) is 0 Å². The highest BCUT2D eigenvalue weighted by Crippen LogP contribution is 2.25. The molecule has 0 saturated heterocycles. The maximum absolute atomic E-state index is 5.90. The monoisotopic (exact) mass is 252 g/mol. The van der Waals surface area contributed by atoms with E-state index in [0.717, 1.165) is 31.3 Å². The minimum atomic E-state index is 0.460. The summed E-state index contributed by atoms with van der Waals surface area (Å²) in [5, 5.41) is 11.2. The minimum Gasteiger partial charge on any atom is -0.376 e. The first kappa shape index (κ1) is 13.5. The molecule has 1 N–H and O–H groups in total. The fraction of sp³-hybridized carbons (Fsp3) is 0.846. The van der Waals surface area contributed by atoms with Crippen molar-refractivity contribution in [3.63, 3.8) is 0 Å². The van der Waals surface area contributed by atoms with Gasteiger partial charge in [-0.15, -0.1) is 5.10 Å². The molecule has 102 valence electrons. The van der Waals surface area contributed by atoms with Crippen LogP contribution in [0.5, 0.6) is 0 Å². The van der Waals surface area contributed by atoms with Crippen LogP contribution >= 0.6 is 0 Å². The van der Waals surface area contributed by atoms with Gasteiger partial charge in [0.2, 0.25) is 0 Å². The maximum Gasteiger partial charge on any atom is 0.0964 e. The minimum absolute atomic E-state index is 0.460. The summed E-state index contributed by atoms with van der Waals surface area (Å²) in [4.78, 5) is 0. The fourth-order valence-electron chi connectivity index (χ4n) is 2.42. The Balaban J connectivity index is 1.65. The lowest BCUT2D eigenvalue weighted by Crippen LogP contribution is -2.22. The molecule has 1 aliphatic rings. The normalized spacial score (nSPS) is 24.3. The Kier molecular flexibility index (Phi) is 5.13. The van der Waals surface area contributed by atoms with Gasteiger partial charge in [-0.25, -0.2) is 4.68 Å². The number of nitrogens with zero attached hydrogens (tertiary/aromatic N) is 3. The van der Waals surface area contributed by atoms with Crippen LogP contribution in [-0.2, 0) is 17.8 Å². The predicted octanol–water partition coefficient (Wildman–Crippen LogP) is 1.59. The number of ether oxygens (including phenoxy) is 1. The Labute approximate surface area is 109 Å². The quantitative estimate of drug-likeness (QED) is 0.835. The Morgan fingerprint density at radius 1 is 1.39 bits per heavy atom. The third-order valence-electron chi connectivity index (χ3n) is 3.58. The molecule has 0 unspecified atom stereocenters. The molecule has 1 aromatic rings. The molecule has 5 heteroatoms. The van der Waals surface area contributed by atoms with Crippen molar-refractivity contribution in [3.05, 3.63) is 11.9 Å². The molecule has 0 bridgehead atoms. The van der Waals surface area contributed by atoms with E-state index in [1.807, 2.05) is 17.9 Å². The van der Waals surface area contributed by atoms with E-state index in [0.29, 0.717) is 6.10 Å². The Hall–Kier alpha value is -0.940. The number of rotatable bonds is 6. The van der Waals surface area contributed by atoms with Crippen molar-refractivity contribution in [1.29, 1.82) is 0 Å². The van der Waals surface area contributed by atoms with Gasteiger partial charge in [-0.05, 0) is 38.6 Å². The van der Waals surface area contributed by atoms with E-state index in [1.54, 1.807) is 0 Å². The average Bonchev–Trinajstić information content (AvgIpc) is 2.80. The van der Waals surface area contributed by atoms with E-state index in [4.69, 9.17) is 4.74 Å². The lowest BCUT2D eigenvalue weighted by Gasteiger charge is -2.26. The highest BCUT2D eigenvalue weighted by Gasteiger charge is 2.18. The molecule has 0 spiro atoms. The zero-order valence-corrected chi connectivity index (χ0v) is 11.4. The lowest BCUT2D eigenvalue weighted by molar-refractivity contribution is 0.0145. The molecule has 0 aliphatic heterocycles. The Bertz CT molecular complexity index is 345. The first-order chi connectivity index (χ1) is 8.78. The first-order valence-corrected chi connectivity index (χ1v) is 6.93. The molecule has 18 heavy (non-hydrogen) atoms. The summed E-state index contributed by atoms with van der Waals surface area (Å²) in [5.74, 6) is 0.879. The lowest BCUT2D eigenvalue weighted by atomic mass is 9.89. The van der Waals surface area contributed by atoms with Crippen LogP contribution in [0.3, 0.4) is 0 Å². The number of nitrogens with one attached hydrogen (secondary N) is 1. The van der Waals surface area contributed by atoms with Crippen molar-refractivity contribution in [1.82, 2.24) is 20.3 Å². The van der Waals surface area contributed by atoms with Crippen molar-refractivity contribution in [2.24, 2.45) is 5.92 Å². The van der Waals surface area contributed by atoms with Gasteiger partial charge in [0.25, 0.3) is 0 Å². The van der Waals surface area contributed by atoms with Crippen molar-refractivity contribution >= 4 is 0 Å². The van der Waals surface area contributed by atoms with E-state index in [2.05, 4.69) is 22.6 Å². The summed E-state index contributed by atoms with van der Waals surface area (Å²) >= 11 is 0. The van der Waals surface area contributed by atoms with Gasteiger partial charge in [0.05, 0.1) is 24.9 Å². The van der Waals surface area contributed by atoms with E-state index in [-0.39, 0.29) is 0 Å². The molecule has 0 aromatic carbocycles. The molecule has 1 heterocycles. The van der Waals surface area contributed by atoms with Gasteiger partial charge >= 0.3 is 0 Å². The first-order valence-electron chi connectivity index (χ1n) is 6.93. The highest BCUT2D eigenvalue weighted by atomic mass is 16.5. The fourth-order valence-corrected chi connectivity index (χ4v) is 2.42. The zero-order valence-electron chi connectivity index (χ0n) is 11.4. The predicted molar refractivity (Wildman–Crippen MR) is 70.2 cm³/mol. The van der Waals surface area contributed by atoms with Crippen molar-refractivity contribution in [2.75, 3.05) is 13.7 Å². The molecule has 1 saturated carbocycles. The van der Waals surface area contributed by atoms with Gasteiger partial charge in [0.1, 0.15) is 0 Å². The van der Waals surface area contributed by atoms with Crippen LogP contribution in [-0.4, -0.2) is 34.8 Å². The second kappa shape index (κ2) is 6.85. The zero-order chi connectivity index (χ0) is 12.8. The third-order valence-corrected chi connectivity index (χ3v) is 3.58. The van der Waals surface area contributed by atoms with E-state index in [9.17, 15) is 0 Å². The summed E-state index contributed by atoms with van der Waals surface area (Å²) in [7, 11) is 1.91. The molecule has 1 fully saturated rings. The molecular weight excluding hydrogens is 228 g/mol. The van der Waals surface area contributed by atoms with E-state index < -0.39 is 0 Å². The van der Waals surface area contributed by atoms with Gasteiger partial charge in [-0.1, -0.05) is 12.1 Å². The Morgan fingerprint density at radius 3 is 2.89 bits per heavy atom. The van der Waals surface area contributed by atoms with Crippen molar-refractivity contribution in [3.8, 4) is 0 Å². The maximum atomic E-state index is 5.90. The molecule has 5 nitrogen and oxygen atoms in total. The van der Waals surface area contributed by atoms with Crippen LogP contribution < -0.4 is 5.32 Å². The highest BCUT2D eigenvalue weighted by molar-refractivity contribution is 4.90. The topological polar surface area (TPSA) is 52.0 Å². The average molecular weight is 252 g/mol. The summed E-state index contributed by atoms with van der Waals surface area (Å²) in [6, 6.07) is 0. The van der Waals surface area contributed by atoms with Crippen LogP contribution in [0, 0.1) is 5.92 Å². The van der Waals surface area contributed by atoms with Crippen LogP contribution in [0.25, 0.3) is 0 Å². The molecule has 1 aromatic heterocycles. The molecule has 1 aliphatic carbocycles.